The first-order valence-electron chi connectivity index (χ1n) is 5.52. The molecule has 0 fully saturated rings. The van der Waals surface area contributed by atoms with Gasteiger partial charge in [-0.25, -0.2) is 0 Å². The van der Waals surface area contributed by atoms with Crippen LogP contribution in [0, 0.1) is 5.41 Å². The number of rotatable bonds is 5. The number of ketones is 1. The van der Waals surface area contributed by atoms with E-state index in [0.29, 0.717) is 17.2 Å². The fraction of sp³-hybridized carbons (Fsp3) is 0.143. The molecule has 0 saturated heterocycles. The molecular formula is C14H13NO3. The fourth-order valence-electron chi connectivity index (χ4n) is 1.46. The summed E-state index contributed by atoms with van der Waals surface area (Å²) in [5.74, 6) is 0.689. The molecule has 0 aliphatic carbocycles. The monoisotopic (exact) mass is 243 g/mol. The van der Waals surface area contributed by atoms with E-state index >= 15 is 0 Å². The third-order valence-corrected chi connectivity index (χ3v) is 2.45. The molecule has 2 rings (SSSR count). The highest BCUT2D eigenvalue weighted by Gasteiger charge is 2.09. The molecule has 0 saturated carbocycles. The molecule has 1 heterocycles. The lowest BCUT2D eigenvalue weighted by atomic mass is 10.1. The molecule has 0 aliphatic rings. The third-order valence-electron chi connectivity index (χ3n) is 2.45. The highest BCUT2D eigenvalue weighted by molar-refractivity contribution is 5.96. The maximum atomic E-state index is 11.6. The number of Topliss-reactive ketones (excluding diaryl/α,β-unsaturated/α-hetero) is 1. The number of carbonyl (C=O) groups excluding carboxylic acids is 1. The number of carbonyl (C=O) groups is 1. The molecular weight excluding hydrogens is 230 g/mol. The molecule has 0 bridgehead atoms. The zero-order chi connectivity index (χ0) is 13.0. The van der Waals surface area contributed by atoms with E-state index in [4.69, 9.17) is 14.6 Å². The molecule has 2 aromatic rings. The van der Waals surface area contributed by atoms with Crippen LogP contribution >= 0.6 is 0 Å². The van der Waals surface area contributed by atoms with Gasteiger partial charge in [-0.3, -0.25) is 4.79 Å². The summed E-state index contributed by atoms with van der Waals surface area (Å²) in [6.45, 7) is 1.66. The van der Waals surface area contributed by atoms with Gasteiger partial charge in [0.25, 0.3) is 0 Å². The first kappa shape index (κ1) is 12.1. The summed E-state index contributed by atoms with van der Waals surface area (Å²) < 4.78 is 10.3. The van der Waals surface area contributed by atoms with E-state index in [0.717, 1.165) is 5.56 Å². The van der Waals surface area contributed by atoms with Gasteiger partial charge in [0, 0.05) is 5.71 Å². The smallest absolute Gasteiger partial charge is 0.235 e. The minimum Gasteiger partial charge on any atom is -0.485 e. The Morgan fingerprint density at radius 1 is 1.28 bits per heavy atom. The Labute approximate surface area is 105 Å². The summed E-state index contributed by atoms with van der Waals surface area (Å²) in [4.78, 5) is 11.6. The van der Waals surface area contributed by atoms with Crippen LogP contribution in [0.4, 0.5) is 0 Å². The van der Waals surface area contributed by atoms with Crippen LogP contribution in [-0.2, 0) is 0 Å². The van der Waals surface area contributed by atoms with Crippen LogP contribution in [-0.4, -0.2) is 18.1 Å². The quantitative estimate of drug-likeness (QED) is 0.648. The highest BCUT2D eigenvalue weighted by atomic mass is 16.5. The Bertz CT molecular complexity index is 541. The van der Waals surface area contributed by atoms with Crippen molar-refractivity contribution in [1.29, 1.82) is 5.41 Å². The zero-order valence-electron chi connectivity index (χ0n) is 9.97. The van der Waals surface area contributed by atoms with Crippen molar-refractivity contribution in [3.05, 3.63) is 54.0 Å². The van der Waals surface area contributed by atoms with Gasteiger partial charge in [-0.15, -0.1) is 0 Å². The fourth-order valence-corrected chi connectivity index (χ4v) is 1.46. The van der Waals surface area contributed by atoms with Crippen LogP contribution in [0.2, 0.25) is 0 Å². The summed E-state index contributed by atoms with van der Waals surface area (Å²) in [5.41, 5.74) is 1.33. The maximum Gasteiger partial charge on any atom is 0.235 e. The molecule has 1 aromatic carbocycles. The Balaban J connectivity index is 1.94. The van der Waals surface area contributed by atoms with Gasteiger partial charge in [0.15, 0.2) is 12.4 Å². The average Bonchev–Trinajstić information content (AvgIpc) is 2.90. The summed E-state index contributed by atoms with van der Waals surface area (Å²) in [5, 5.41) is 7.46. The number of hydrogen-bond acceptors (Lipinski definition) is 4. The minimum absolute atomic E-state index is 0.0591. The van der Waals surface area contributed by atoms with Crippen molar-refractivity contribution < 1.29 is 13.9 Å². The Hall–Kier alpha value is -2.36. The van der Waals surface area contributed by atoms with E-state index in [2.05, 4.69) is 0 Å². The number of nitrogens with one attached hydrogen (secondary N) is 1. The van der Waals surface area contributed by atoms with Crippen LogP contribution in [0.15, 0.2) is 47.1 Å². The van der Waals surface area contributed by atoms with Crippen molar-refractivity contribution in [1.82, 2.24) is 0 Å². The van der Waals surface area contributed by atoms with Crippen LogP contribution in [0.25, 0.3) is 0 Å². The Morgan fingerprint density at radius 2 is 2.00 bits per heavy atom. The lowest BCUT2D eigenvalue weighted by molar-refractivity contribution is 0.0894. The lowest BCUT2D eigenvalue weighted by Crippen LogP contribution is -2.10. The van der Waals surface area contributed by atoms with Crippen molar-refractivity contribution in [2.24, 2.45) is 0 Å². The third kappa shape index (κ3) is 2.85. The molecule has 0 unspecified atom stereocenters. The molecule has 0 amide bonds. The van der Waals surface area contributed by atoms with Gasteiger partial charge in [-0.1, -0.05) is 0 Å². The Morgan fingerprint density at radius 3 is 2.56 bits per heavy atom. The topological polar surface area (TPSA) is 63.3 Å². The van der Waals surface area contributed by atoms with Gasteiger partial charge in [-0.2, -0.15) is 0 Å². The standard InChI is InChI=1S/C14H13NO3/c1-10(15)11-4-6-12(7-5-11)18-9-13(16)14-3-2-8-17-14/h2-8,15H,9H2,1H3. The van der Waals surface area contributed by atoms with Gasteiger partial charge in [0.2, 0.25) is 5.78 Å². The number of benzene rings is 1. The number of furan rings is 1. The average molecular weight is 243 g/mol. The predicted octanol–water partition coefficient (Wildman–Crippen LogP) is 2.93. The van der Waals surface area contributed by atoms with Gasteiger partial charge >= 0.3 is 0 Å². The molecule has 0 atom stereocenters. The van der Waals surface area contributed by atoms with E-state index in [1.165, 1.54) is 6.26 Å². The summed E-state index contributed by atoms with van der Waals surface area (Å²) in [6.07, 6.45) is 1.45. The SMILES string of the molecule is CC(=N)c1ccc(OCC(=O)c2ccco2)cc1. The molecule has 0 aliphatic heterocycles. The van der Waals surface area contributed by atoms with Crippen molar-refractivity contribution in [3.63, 3.8) is 0 Å². The van der Waals surface area contributed by atoms with E-state index in [1.807, 2.05) is 0 Å². The van der Waals surface area contributed by atoms with Crippen LogP contribution in [0.1, 0.15) is 23.0 Å². The van der Waals surface area contributed by atoms with E-state index in [1.54, 1.807) is 43.3 Å². The largest absolute Gasteiger partial charge is 0.485 e. The van der Waals surface area contributed by atoms with Gasteiger partial charge in [-0.05, 0) is 48.9 Å². The normalized spacial score (nSPS) is 10.1. The van der Waals surface area contributed by atoms with Crippen LogP contribution < -0.4 is 4.74 Å². The van der Waals surface area contributed by atoms with Crippen molar-refractivity contribution in [3.8, 4) is 5.75 Å². The maximum absolute atomic E-state index is 11.6. The first-order valence-corrected chi connectivity index (χ1v) is 5.52. The molecule has 0 spiro atoms. The summed E-state index contributed by atoms with van der Waals surface area (Å²) >= 11 is 0. The predicted molar refractivity (Wildman–Crippen MR) is 67.5 cm³/mol. The number of hydrogen-bond donors (Lipinski definition) is 1. The van der Waals surface area contributed by atoms with Crippen LogP contribution in [0.5, 0.6) is 5.75 Å². The van der Waals surface area contributed by atoms with Gasteiger partial charge in [0.05, 0.1) is 6.26 Å². The molecule has 4 nitrogen and oxygen atoms in total. The first-order chi connectivity index (χ1) is 8.66. The molecule has 4 heteroatoms. The second-order valence-corrected chi connectivity index (χ2v) is 3.84. The summed E-state index contributed by atoms with van der Waals surface area (Å²) in [7, 11) is 0. The van der Waals surface area contributed by atoms with Crippen molar-refractivity contribution in [2.75, 3.05) is 6.61 Å². The zero-order valence-corrected chi connectivity index (χ0v) is 9.97. The second-order valence-electron chi connectivity index (χ2n) is 3.84. The highest BCUT2D eigenvalue weighted by Crippen LogP contribution is 2.13. The summed E-state index contributed by atoms with van der Waals surface area (Å²) in [6, 6.07) is 10.3. The van der Waals surface area contributed by atoms with E-state index in [-0.39, 0.29) is 12.4 Å². The van der Waals surface area contributed by atoms with Crippen molar-refractivity contribution >= 4 is 11.5 Å². The Kier molecular flexibility index (Phi) is 3.57. The van der Waals surface area contributed by atoms with Gasteiger partial charge in [0.1, 0.15) is 5.75 Å². The lowest BCUT2D eigenvalue weighted by Gasteiger charge is -2.05. The molecule has 18 heavy (non-hydrogen) atoms. The minimum atomic E-state index is -0.202. The van der Waals surface area contributed by atoms with E-state index < -0.39 is 0 Å². The van der Waals surface area contributed by atoms with Crippen molar-refractivity contribution in [2.45, 2.75) is 6.92 Å². The number of ether oxygens (including phenoxy) is 1. The molecule has 1 N–H and O–H groups in total. The molecule has 1 aromatic heterocycles. The molecule has 92 valence electrons. The van der Waals surface area contributed by atoms with Gasteiger partial charge < -0.3 is 14.6 Å². The van der Waals surface area contributed by atoms with Crippen LogP contribution in [0.3, 0.4) is 0 Å². The van der Waals surface area contributed by atoms with E-state index in [9.17, 15) is 4.79 Å². The second kappa shape index (κ2) is 5.31. The molecule has 0 radical (unpaired) electrons.